The van der Waals surface area contributed by atoms with Crippen LogP contribution in [-0.4, -0.2) is 29.4 Å². The topological polar surface area (TPSA) is 65.4 Å². The van der Waals surface area contributed by atoms with Crippen molar-refractivity contribution in [2.75, 3.05) is 19.0 Å². The van der Waals surface area contributed by atoms with E-state index in [4.69, 9.17) is 9.47 Å². The summed E-state index contributed by atoms with van der Waals surface area (Å²) in [5, 5.41) is 7.27. The Kier molecular flexibility index (Phi) is 5.36. The van der Waals surface area contributed by atoms with E-state index in [-0.39, 0.29) is 12.5 Å². The van der Waals surface area contributed by atoms with Gasteiger partial charge in [0.15, 0.2) is 18.1 Å². The molecular formula is C18H23N3O3. The lowest BCUT2D eigenvalue weighted by molar-refractivity contribution is -0.118. The van der Waals surface area contributed by atoms with E-state index in [0.29, 0.717) is 17.5 Å². The highest BCUT2D eigenvalue weighted by molar-refractivity contribution is 5.91. The molecule has 1 aliphatic carbocycles. The molecule has 1 aromatic carbocycles. The van der Waals surface area contributed by atoms with Gasteiger partial charge in [-0.1, -0.05) is 31.4 Å². The number of carbonyl (C=O) groups is 1. The van der Waals surface area contributed by atoms with Crippen LogP contribution in [0.1, 0.15) is 38.1 Å². The summed E-state index contributed by atoms with van der Waals surface area (Å²) in [5.74, 6) is 1.68. The molecule has 1 saturated carbocycles. The second-order valence-electron chi connectivity index (χ2n) is 5.94. The van der Waals surface area contributed by atoms with Crippen molar-refractivity contribution >= 4 is 11.7 Å². The van der Waals surface area contributed by atoms with Gasteiger partial charge in [0.1, 0.15) is 5.82 Å². The van der Waals surface area contributed by atoms with Crippen LogP contribution in [-0.2, 0) is 4.79 Å². The van der Waals surface area contributed by atoms with Gasteiger partial charge >= 0.3 is 0 Å². The van der Waals surface area contributed by atoms with Gasteiger partial charge in [-0.3, -0.25) is 4.79 Å². The third-order valence-electron chi connectivity index (χ3n) is 4.29. The molecule has 0 saturated heterocycles. The van der Waals surface area contributed by atoms with Gasteiger partial charge in [-0.25, -0.2) is 4.68 Å². The van der Waals surface area contributed by atoms with E-state index < -0.39 is 0 Å². The lowest BCUT2D eigenvalue weighted by Crippen LogP contribution is -2.24. The molecule has 1 heterocycles. The summed E-state index contributed by atoms with van der Waals surface area (Å²) in [6.07, 6.45) is 7.67. The molecule has 1 fully saturated rings. The van der Waals surface area contributed by atoms with Gasteiger partial charge in [0.05, 0.1) is 19.3 Å². The van der Waals surface area contributed by atoms with E-state index >= 15 is 0 Å². The highest BCUT2D eigenvalue weighted by Crippen LogP contribution is 2.30. The van der Waals surface area contributed by atoms with Gasteiger partial charge in [0.25, 0.3) is 5.91 Å². The quantitative estimate of drug-likeness (QED) is 0.882. The fourth-order valence-electron chi connectivity index (χ4n) is 3.09. The van der Waals surface area contributed by atoms with E-state index in [1.54, 1.807) is 25.4 Å². The number of anilines is 1. The Morgan fingerprint density at radius 3 is 2.71 bits per heavy atom. The molecule has 0 radical (unpaired) electrons. The number of nitrogens with one attached hydrogen (secondary N) is 1. The van der Waals surface area contributed by atoms with Gasteiger partial charge in [-0.2, -0.15) is 5.10 Å². The maximum Gasteiger partial charge on any atom is 0.263 e. The number of hydrogen-bond acceptors (Lipinski definition) is 4. The van der Waals surface area contributed by atoms with Crippen molar-refractivity contribution < 1.29 is 14.3 Å². The standard InChI is InChI=1S/C18H23N3O3/c1-23-15-9-5-6-10-16(15)24-13-18(22)20-17-11-12-19-21(17)14-7-3-2-4-8-14/h5-6,9-12,14H,2-4,7-8,13H2,1H3,(H,20,22). The van der Waals surface area contributed by atoms with Gasteiger partial charge in [0.2, 0.25) is 0 Å². The van der Waals surface area contributed by atoms with Gasteiger partial charge in [0, 0.05) is 6.07 Å². The number of carbonyl (C=O) groups excluding carboxylic acids is 1. The molecule has 0 aliphatic heterocycles. The second-order valence-corrected chi connectivity index (χ2v) is 5.94. The number of amides is 1. The molecule has 1 aliphatic rings. The first-order valence-corrected chi connectivity index (χ1v) is 8.37. The number of rotatable bonds is 6. The number of para-hydroxylation sites is 2. The maximum absolute atomic E-state index is 12.2. The van der Waals surface area contributed by atoms with Crippen LogP contribution >= 0.6 is 0 Å². The van der Waals surface area contributed by atoms with Crippen LogP contribution in [0, 0.1) is 0 Å². The summed E-state index contributed by atoms with van der Waals surface area (Å²) in [4.78, 5) is 12.2. The maximum atomic E-state index is 12.2. The van der Waals surface area contributed by atoms with Crippen molar-refractivity contribution in [1.82, 2.24) is 9.78 Å². The molecule has 6 nitrogen and oxygen atoms in total. The third kappa shape index (κ3) is 3.88. The summed E-state index contributed by atoms with van der Waals surface area (Å²) in [6, 6.07) is 9.47. The molecule has 1 N–H and O–H groups in total. The Morgan fingerprint density at radius 2 is 1.96 bits per heavy atom. The summed E-state index contributed by atoms with van der Waals surface area (Å²) >= 11 is 0. The minimum absolute atomic E-state index is 0.0732. The summed E-state index contributed by atoms with van der Waals surface area (Å²) in [6.45, 7) is -0.0732. The summed E-state index contributed by atoms with van der Waals surface area (Å²) in [5.41, 5.74) is 0. The minimum Gasteiger partial charge on any atom is -0.493 e. The van der Waals surface area contributed by atoms with Crippen LogP contribution in [0.2, 0.25) is 0 Å². The molecule has 1 aromatic heterocycles. The van der Waals surface area contributed by atoms with Crippen LogP contribution in [0.5, 0.6) is 11.5 Å². The largest absolute Gasteiger partial charge is 0.493 e. The first-order chi connectivity index (χ1) is 11.8. The van der Waals surface area contributed by atoms with Gasteiger partial charge < -0.3 is 14.8 Å². The van der Waals surface area contributed by atoms with Crippen molar-refractivity contribution in [2.45, 2.75) is 38.1 Å². The Hall–Kier alpha value is -2.50. The summed E-state index contributed by atoms with van der Waals surface area (Å²) in [7, 11) is 1.57. The van der Waals surface area contributed by atoms with Crippen molar-refractivity contribution in [3.05, 3.63) is 36.5 Å². The van der Waals surface area contributed by atoms with Crippen molar-refractivity contribution in [3.63, 3.8) is 0 Å². The number of ether oxygens (including phenoxy) is 2. The second kappa shape index (κ2) is 7.86. The van der Waals surface area contributed by atoms with E-state index in [0.717, 1.165) is 18.7 Å². The van der Waals surface area contributed by atoms with Crippen LogP contribution < -0.4 is 14.8 Å². The third-order valence-corrected chi connectivity index (χ3v) is 4.29. The molecule has 6 heteroatoms. The minimum atomic E-state index is -0.210. The highest BCUT2D eigenvalue weighted by Gasteiger charge is 2.19. The van der Waals surface area contributed by atoms with Crippen molar-refractivity contribution in [3.8, 4) is 11.5 Å². The molecular weight excluding hydrogens is 306 g/mol. The van der Waals surface area contributed by atoms with Crippen molar-refractivity contribution in [2.24, 2.45) is 0 Å². The zero-order valence-corrected chi connectivity index (χ0v) is 13.9. The molecule has 128 valence electrons. The monoisotopic (exact) mass is 329 g/mol. The fraction of sp³-hybridized carbons (Fsp3) is 0.444. The van der Waals surface area contributed by atoms with Gasteiger partial charge in [-0.05, 0) is 25.0 Å². The first kappa shape index (κ1) is 16.4. The predicted molar refractivity (Wildman–Crippen MR) is 91.5 cm³/mol. The average molecular weight is 329 g/mol. The zero-order valence-electron chi connectivity index (χ0n) is 13.9. The number of methoxy groups -OCH3 is 1. The van der Waals surface area contributed by atoms with E-state index in [9.17, 15) is 4.79 Å². The van der Waals surface area contributed by atoms with Crippen LogP contribution in [0.15, 0.2) is 36.5 Å². The molecule has 0 spiro atoms. The zero-order chi connectivity index (χ0) is 16.8. The number of aromatic nitrogens is 2. The van der Waals surface area contributed by atoms with Gasteiger partial charge in [-0.15, -0.1) is 0 Å². The molecule has 0 atom stereocenters. The SMILES string of the molecule is COc1ccccc1OCC(=O)Nc1ccnn1C1CCCCC1. The Morgan fingerprint density at radius 1 is 1.21 bits per heavy atom. The van der Waals surface area contributed by atoms with E-state index in [1.165, 1.54) is 19.3 Å². The molecule has 24 heavy (non-hydrogen) atoms. The number of hydrogen-bond donors (Lipinski definition) is 1. The van der Waals surface area contributed by atoms with Crippen LogP contribution in [0.4, 0.5) is 5.82 Å². The Labute approximate surface area is 141 Å². The average Bonchev–Trinajstić information content (AvgIpc) is 3.09. The highest BCUT2D eigenvalue weighted by atomic mass is 16.5. The molecule has 0 unspecified atom stereocenters. The van der Waals surface area contributed by atoms with Crippen LogP contribution in [0.3, 0.4) is 0 Å². The number of benzene rings is 1. The normalized spacial score (nSPS) is 15.0. The van der Waals surface area contributed by atoms with Crippen LogP contribution in [0.25, 0.3) is 0 Å². The van der Waals surface area contributed by atoms with E-state index in [2.05, 4.69) is 10.4 Å². The first-order valence-electron chi connectivity index (χ1n) is 8.37. The Balaban J connectivity index is 1.58. The predicted octanol–water partition coefficient (Wildman–Crippen LogP) is 3.41. The molecule has 1 amide bonds. The lowest BCUT2D eigenvalue weighted by atomic mass is 9.96. The van der Waals surface area contributed by atoms with E-state index in [1.807, 2.05) is 22.9 Å². The molecule has 2 aromatic rings. The molecule has 0 bridgehead atoms. The fourth-order valence-corrected chi connectivity index (χ4v) is 3.09. The summed E-state index contributed by atoms with van der Waals surface area (Å²) < 4.78 is 12.7. The van der Waals surface area contributed by atoms with Crippen molar-refractivity contribution in [1.29, 1.82) is 0 Å². The number of nitrogens with zero attached hydrogens (tertiary/aromatic N) is 2. The Bertz CT molecular complexity index is 678. The molecule has 3 rings (SSSR count). The smallest absolute Gasteiger partial charge is 0.263 e. The lowest BCUT2D eigenvalue weighted by Gasteiger charge is -2.23.